The third-order valence-electron chi connectivity index (χ3n) is 2.48. The van der Waals surface area contributed by atoms with Crippen molar-refractivity contribution in [2.75, 3.05) is 0 Å². The van der Waals surface area contributed by atoms with Crippen LogP contribution in [0.4, 0.5) is 0 Å². The lowest BCUT2D eigenvalue weighted by Crippen LogP contribution is -1.93. The van der Waals surface area contributed by atoms with Crippen LogP contribution >= 0.6 is 22.7 Å². The average molecular weight is 264 g/mol. The summed E-state index contributed by atoms with van der Waals surface area (Å²) in [6.45, 7) is 4.01. The Hall–Kier alpha value is -1.39. The molecule has 2 aromatic rings. The Labute approximate surface area is 108 Å². The van der Waals surface area contributed by atoms with Gasteiger partial charge < -0.3 is 5.11 Å². The monoisotopic (exact) mass is 264 g/mol. The van der Waals surface area contributed by atoms with Gasteiger partial charge in [0.1, 0.15) is 0 Å². The Morgan fingerprint density at radius 3 is 1.88 bits per heavy atom. The first kappa shape index (κ1) is 12.1. The number of rotatable bonds is 3. The van der Waals surface area contributed by atoms with Gasteiger partial charge in [-0.15, -0.1) is 22.7 Å². The minimum absolute atomic E-state index is 0.817. The zero-order chi connectivity index (χ0) is 12.4. The average Bonchev–Trinajstić information content (AvgIpc) is 2.84. The summed E-state index contributed by atoms with van der Waals surface area (Å²) in [6.07, 6.45) is 1.30. The number of hydrogen-bond donors (Lipinski definition) is 1. The highest BCUT2D eigenvalue weighted by atomic mass is 32.1. The molecule has 2 rings (SSSR count). The van der Waals surface area contributed by atoms with Gasteiger partial charge in [-0.3, -0.25) is 0 Å². The van der Waals surface area contributed by atoms with E-state index in [9.17, 15) is 4.79 Å². The number of aliphatic carboxylic acids is 1. The molecular weight excluding hydrogens is 252 g/mol. The fourth-order valence-electron chi connectivity index (χ4n) is 1.66. The van der Waals surface area contributed by atoms with Crippen LogP contribution in [-0.2, 0) is 4.79 Å². The maximum absolute atomic E-state index is 11.0. The molecule has 0 radical (unpaired) electrons. The quantitative estimate of drug-likeness (QED) is 0.852. The van der Waals surface area contributed by atoms with Gasteiger partial charge in [-0.2, -0.15) is 0 Å². The fourth-order valence-corrected chi connectivity index (χ4v) is 3.62. The van der Waals surface area contributed by atoms with Crippen LogP contribution in [0, 0.1) is 13.8 Å². The van der Waals surface area contributed by atoms with Crippen LogP contribution in [-0.4, -0.2) is 11.1 Å². The van der Waals surface area contributed by atoms with E-state index in [0.717, 1.165) is 26.5 Å². The second kappa shape index (κ2) is 4.85. The fraction of sp³-hybridized carbons (Fsp3) is 0.154. The molecule has 1 N–H and O–H groups in total. The third-order valence-corrected chi connectivity index (χ3v) is 4.58. The molecule has 0 atom stereocenters. The summed E-state index contributed by atoms with van der Waals surface area (Å²) in [5, 5.41) is 13.0. The van der Waals surface area contributed by atoms with Crippen molar-refractivity contribution in [3.8, 4) is 0 Å². The van der Waals surface area contributed by atoms with Gasteiger partial charge in [0, 0.05) is 21.4 Å². The van der Waals surface area contributed by atoms with Crippen molar-refractivity contribution >= 4 is 34.2 Å². The highest BCUT2D eigenvalue weighted by Crippen LogP contribution is 2.34. The standard InChI is InChI=1S/C13H12O2S2/c1-8-3-5-16-12(8)10(7-11(14)15)13-9(2)4-6-17-13/h3-7H,1-2H3,(H,14,15). The van der Waals surface area contributed by atoms with Gasteiger partial charge in [-0.1, -0.05) is 0 Å². The van der Waals surface area contributed by atoms with Crippen molar-refractivity contribution in [1.82, 2.24) is 0 Å². The van der Waals surface area contributed by atoms with Gasteiger partial charge in [0.25, 0.3) is 0 Å². The largest absolute Gasteiger partial charge is 0.478 e. The Morgan fingerprint density at radius 2 is 1.59 bits per heavy atom. The SMILES string of the molecule is Cc1ccsc1C(=CC(=O)O)c1sccc1C. The van der Waals surface area contributed by atoms with Crippen LogP contribution in [0.1, 0.15) is 20.9 Å². The van der Waals surface area contributed by atoms with Crippen LogP contribution in [0.25, 0.3) is 5.57 Å². The van der Waals surface area contributed by atoms with E-state index in [-0.39, 0.29) is 0 Å². The predicted molar refractivity (Wildman–Crippen MR) is 72.8 cm³/mol. The summed E-state index contributed by atoms with van der Waals surface area (Å²) in [4.78, 5) is 13.0. The van der Waals surface area contributed by atoms with Gasteiger partial charge in [0.05, 0.1) is 0 Å². The Bertz CT molecular complexity index is 534. The maximum atomic E-state index is 11.0. The number of aryl methyl sites for hydroxylation is 2. The molecule has 0 aromatic carbocycles. The molecule has 0 aliphatic rings. The number of thiophene rings is 2. The maximum Gasteiger partial charge on any atom is 0.329 e. The van der Waals surface area contributed by atoms with E-state index in [1.165, 1.54) is 6.08 Å². The molecule has 17 heavy (non-hydrogen) atoms. The van der Waals surface area contributed by atoms with E-state index in [1.54, 1.807) is 22.7 Å². The number of hydrogen-bond acceptors (Lipinski definition) is 3. The van der Waals surface area contributed by atoms with Gasteiger partial charge >= 0.3 is 5.97 Å². The van der Waals surface area contributed by atoms with E-state index in [2.05, 4.69) is 0 Å². The van der Waals surface area contributed by atoms with E-state index in [4.69, 9.17) is 5.11 Å². The molecule has 88 valence electrons. The lowest BCUT2D eigenvalue weighted by Gasteiger charge is -2.05. The van der Waals surface area contributed by atoms with Crippen LogP contribution in [0.3, 0.4) is 0 Å². The van der Waals surface area contributed by atoms with Gasteiger partial charge in [0.2, 0.25) is 0 Å². The normalized spacial score (nSPS) is 10.2. The lowest BCUT2D eigenvalue weighted by atomic mass is 10.1. The second-order valence-electron chi connectivity index (χ2n) is 3.76. The number of carbonyl (C=O) groups is 1. The van der Waals surface area contributed by atoms with Crippen LogP contribution in [0.2, 0.25) is 0 Å². The summed E-state index contributed by atoms with van der Waals surface area (Å²) < 4.78 is 0. The molecule has 0 spiro atoms. The Balaban J connectivity index is 2.59. The lowest BCUT2D eigenvalue weighted by molar-refractivity contribution is -0.131. The first-order valence-electron chi connectivity index (χ1n) is 5.13. The first-order chi connectivity index (χ1) is 8.09. The molecule has 0 bridgehead atoms. The van der Waals surface area contributed by atoms with Crippen LogP contribution in [0.15, 0.2) is 29.0 Å². The number of carboxylic acids is 1. The highest BCUT2D eigenvalue weighted by molar-refractivity contribution is 7.14. The summed E-state index contributed by atoms with van der Waals surface area (Å²) >= 11 is 3.16. The number of carboxylic acid groups (broad SMARTS) is 1. The third kappa shape index (κ3) is 2.48. The van der Waals surface area contributed by atoms with Crippen molar-refractivity contribution in [3.05, 3.63) is 49.9 Å². The van der Waals surface area contributed by atoms with Crippen LogP contribution < -0.4 is 0 Å². The Morgan fingerprint density at radius 1 is 1.12 bits per heavy atom. The second-order valence-corrected chi connectivity index (χ2v) is 5.59. The molecule has 0 fully saturated rings. The zero-order valence-corrected chi connectivity index (χ0v) is 11.2. The molecule has 0 unspecified atom stereocenters. The molecule has 0 amide bonds. The molecule has 2 aromatic heterocycles. The van der Waals surface area contributed by atoms with Crippen molar-refractivity contribution in [3.63, 3.8) is 0 Å². The summed E-state index contributed by atoms with van der Waals surface area (Å²) in [7, 11) is 0. The topological polar surface area (TPSA) is 37.3 Å². The van der Waals surface area contributed by atoms with E-state index < -0.39 is 5.97 Å². The molecule has 4 heteroatoms. The van der Waals surface area contributed by atoms with Gasteiger partial charge in [0.15, 0.2) is 0 Å². The summed E-state index contributed by atoms with van der Waals surface area (Å²) in [6, 6.07) is 4.03. The van der Waals surface area contributed by atoms with E-state index in [1.807, 2.05) is 36.7 Å². The Kier molecular flexibility index (Phi) is 3.45. The van der Waals surface area contributed by atoms with Crippen molar-refractivity contribution in [2.24, 2.45) is 0 Å². The van der Waals surface area contributed by atoms with Gasteiger partial charge in [-0.25, -0.2) is 4.79 Å². The molecule has 0 saturated heterocycles. The molecule has 2 nitrogen and oxygen atoms in total. The van der Waals surface area contributed by atoms with Crippen LogP contribution in [0.5, 0.6) is 0 Å². The van der Waals surface area contributed by atoms with Gasteiger partial charge in [-0.05, 0) is 47.9 Å². The van der Waals surface area contributed by atoms with E-state index in [0.29, 0.717) is 0 Å². The predicted octanol–water partition coefficient (Wildman–Crippen LogP) is 3.94. The van der Waals surface area contributed by atoms with Crippen molar-refractivity contribution < 1.29 is 9.90 Å². The zero-order valence-electron chi connectivity index (χ0n) is 9.56. The first-order valence-corrected chi connectivity index (χ1v) is 6.89. The molecule has 0 aliphatic carbocycles. The minimum atomic E-state index is -0.902. The van der Waals surface area contributed by atoms with E-state index >= 15 is 0 Å². The summed E-state index contributed by atoms with van der Waals surface area (Å²) in [5.41, 5.74) is 3.06. The minimum Gasteiger partial charge on any atom is -0.478 e. The smallest absolute Gasteiger partial charge is 0.329 e. The van der Waals surface area contributed by atoms with Crippen molar-refractivity contribution in [2.45, 2.75) is 13.8 Å². The molecular formula is C13H12O2S2. The molecule has 0 aliphatic heterocycles. The van der Waals surface area contributed by atoms with Crippen molar-refractivity contribution in [1.29, 1.82) is 0 Å². The molecule has 0 saturated carbocycles. The summed E-state index contributed by atoms with van der Waals surface area (Å²) in [5.74, 6) is -0.902. The highest BCUT2D eigenvalue weighted by Gasteiger charge is 2.14. The molecule has 2 heterocycles.